The number of amides is 1. The Morgan fingerprint density at radius 2 is 2.05 bits per heavy atom. The topological polar surface area (TPSA) is 74.5 Å². The first-order chi connectivity index (χ1) is 9.10. The van der Waals surface area contributed by atoms with E-state index < -0.39 is 0 Å². The molecule has 19 heavy (non-hydrogen) atoms. The highest BCUT2D eigenvalue weighted by Gasteiger charge is 2.22. The second-order valence-corrected chi connectivity index (χ2v) is 5.03. The van der Waals surface area contributed by atoms with E-state index in [0.29, 0.717) is 12.6 Å². The van der Waals surface area contributed by atoms with Crippen molar-refractivity contribution in [3.05, 3.63) is 5.82 Å². The minimum Gasteiger partial charge on any atom is -0.358 e. The fourth-order valence-corrected chi connectivity index (χ4v) is 1.97. The van der Waals surface area contributed by atoms with E-state index in [-0.39, 0.29) is 11.8 Å². The third-order valence-corrected chi connectivity index (χ3v) is 3.24. The molecule has 0 spiro atoms. The number of aromatic nitrogens is 2. The van der Waals surface area contributed by atoms with Gasteiger partial charge < -0.3 is 14.7 Å². The van der Waals surface area contributed by atoms with Gasteiger partial charge in [0.25, 0.3) is 0 Å². The molecule has 1 N–H and O–H groups in total. The molecule has 1 fully saturated rings. The Balaban J connectivity index is 1.87. The Morgan fingerprint density at radius 3 is 2.58 bits per heavy atom. The molecule has 2 heterocycles. The summed E-state index contributed by atoms with van der Waals surface area (Å²) < 4.78 is 5.27. The van der Waals surface area contributed by atoms with Crippen LogP contribution in [0.3, 0.4) is 0 Å². The fourth-order valence-electron chi connectivity index (χ4n) is 1.97. The molecule has 0 unspecified atom stereocenters. The minimum absolute atomic E-state index is 0.0494. The van der Waals surface area contributed by atoms with Crippen LogP contribution in [0.5, 0.6) is 0 Å². The van der Waals surface area contributed by atoms with E-state index in [1.807, 2.05) is 13.8 Å². The number of nitrogens with zero attached hydrogens (tertiary/aromatic N) is 4. The minimum atomic E-state index is 0.0494. The van der Waals surface area contributed by atoms with Gasteiger partial charge in [-0.2, -0.15) is 4.98 Å². The van der Waals surface area contributed by atoms with Crippen molar-refractivity contribution in [2.75, 3.05) is 44.7 Å². The Morgan fingerprint density at radius 1 is 1.37 bits per heavy atom. The van der Waals surface area contributed by atoms with E-state index in [2.05, 4.69) is 25.3 Å². The molecule has 106 valence electrons. The normalized spacial score (nSPS) is 16.9. The van der Waals surface area contributed by atoms with E-state index in [4.69, 9.17) is 4.52 Å². The first kappa shape index (κ1) is 13.8. The molecule has 1 aromatic heterocycles. The average molecular weight is 267 g/mol. The molecule has 0 atom stereocenters. The summed E-state index contributed by atoms with van der Waals surface area (Å²) in [4.78, 5) is 19.9. The zero-order valence-electron chi connectivity index (χ0n) is 11.7. The van der Waals surface area contributed by atoms with Gasteiger partial charge in [-0.25, -0.2) is 0 Å². The molecule has 1 aliphatic rings. The summed E-state index contributed by atoms with van der Waals surface area (Å²) in [5.74, 6) is 1.06. The lowest BCUT2D eigenvalue weighted by Gasteiger charge is -2.32. The third kappa shape index (κ3) is 3.44. The third-order valence-electron chi connectivity index (χ3n) is 3.24. The summed E-state index contributed by atoms with van der Waals surface area (Å²) in [7, 11) is 1.66. The number of anilines is 1. The first-order valence-electron chi connectivity index (χ1n) is 6.61. The lowest BCUT2D eigenvalue weighted by atomic mass is 10.2. The standard InChI is InChI=1S/C12H21N5O2/c1-9(2)11-14-12(19-15-11)17-6-4-16(5-7-17)8-10(18)13-3/h9H,4-8H2,1-3H3,(H,13,18). The van der Waals surface area contributed by atoms with Gasteiger partial charge in [0.05, 0.1) is 6.54 Å². The van der Waals surface area contributed by atoms with Crippen molar-refractivity contribution in [2.45, 2.75) is 19.8 Å². The van der Waals surface area contributed by atoms with Crippen LogP contribution in [0.25, 0.3) is 0 Å². The van der Waals surface area contributed by atoms with Gasteiger partial charge in [0.2, 0.25) is 5.91 Å². The maximum atomic E-state index is 11.3. The average Bonchev–Trinajstić information content (AvgIpc) is 2.89. The number of piperazine rings is 1. The van der Waals surface area contributed by atoms with Gasteiger partial charge in [-0.15, -0.1) is 0 Å². The van der Waals surface area contributed by atoms with Gasteiger partial charge >= 0.3 is 6.01 Å². The van der Waals surface area contributed by atoms with Crippen molar-refractivity contribution in [1.29, 1.82) is 0 Å². The molecule has 0 aromatic carbocycles. The Bertz CT molecular complexity index is 424. The molecule has 1 saturated heterocycles. The van der Waals surface area contributed by atoms with Crippen LogP contribution in [0.1, 0.15) is 25.6 Å². The molecule has 0 aliphatic carbocycles. The number of carbonyl (C=O) groups is 1. The van der Waals surface area contributed by atoms with Gasteiger partial charge in [-0.05, 0) is 0 Å². The zero-order valence-corrected chi connectivity index (χ0v) is 11.7. The van der Waals surface area contributed by atoms with Gasteiger partial charge in [-0.3, -0.25) is 9.69 Å². The van der Waals surface area contributed by atoms with Gasteiger partial charge in [0.1, 0.15) is 0 Å². The summed E-state index contributed by atoms with van der Waals surface area (Å²) in [6.45, 7) is 7.78. The summed E-state index contributed by atoms with van der Waals surface area (Å²) in [5, 5.41) is 6.60. The van der Waals surface area contributed by atoms with Crippen molar-refractivity contribution >= 4 is 11.9 Å². The highest BCUT2D eigenvalue weighted by atomic mass is 16.5. The zero-order chi connectivity index (χ0) is 13.8. The monoisotopic (exact) mass is 267 g/mol. The molecular weight excluding hydrogens is 246 g/mol. The molecule has 1 aromatic rings. The Labute approximate surface area is 112 Å². The number of nitrogens with one attached hydrogen (secondary N) is 1. The van der Waals surface area contributed by atoms with E-state index in [1.54, 1.807) is 7.05 Å². The van der Waals surface area contributed by atoms with E-state index in [9.17, 15) is 4.79 Å². The molecule has 0 bridgehead atoms. The van der Waals surface area contributed by atoms with Gasteiger partial charge in [0, 0.05) is 39.1 Å². The Kier molecular flexibility index (Phi) is 4.36. The Hall–Kier alpha value is -1.63. The number of hydrogen-bond donors (Lipinski definition) is 1. The highest BCUT2D eigenvalue weighted by molar-refractivity contribution is 5.77. The molecule has 7 nitrogen and oxygen atoms in total. The smallest absolute Gasteiger partial charge is 0.324 e. The quantitative estimate of drug-likeness (QED) is 0.831. The molecule has 0 saturated carbocycles. The van der Waals surface area contributed by atoms with Crippen LogP contribution in [-0.2, 0) is 4.79 Å². The van der Waals surface area contributed by atoms with Crippen LogP contribution in [0, 0.1) is 0 Å². The number of carbonyl (C=O) groups excluding carboxylic acids is 1. The molecule has 7 heteroatoms. The molecule has 1 aliphatic heterocycles. The second kappa shape index (κ2) is 6.01. The summed E-state index contributed by atoms with van der Waals surface area (Å²) >= 11 is 0. The van der Waals surface area contributed by atoms with Crippen molar-refractivity contribution in [3.63, 3.8) is 0 Å². The second-order valence-electron chi connectivity index (χ2n) is 5.03. The lowest BCUT2D eigenvalue weighted by Crippen LogP contribution is -2.49. The van der Waals surface area contributed by atoms with E-state index in [0.717, 1.165) is 32.0 Å². The van der Waals surface area contributed by atoms with Crippen molar-refractivity contribution in [3.8, 4) is 0 Å². The molecule has 2 rings (SSSR count). The van der Waals surface area contributed by atoms with Crippen molar-refractivity contribution < 1.29 is 9.32 Å². The number of hydrogen-bond acceptors (Lipinski definition) is 6. The number of rotatable bonds is 4. The largest absolute Gasteiger partial charge is 0.358 e. The van der Waals surface area contributed by atoms with E-state index >= 15 is 0 Å². The molecular formula is C12H21N5O2. The predicted molar refractivity (Wildman–Crippen MR) is 71.1 cm³/mol. The molecule has 0 radical (unpaired) electrons. The van der Waals surface area contributed by atoms with Crippen LogP contribution in [0.2, 0.25) is 0 Å². The fraction of sp³-hybridized carbons (Fsp3) is 0.750. The summed E-state index contributed by atoms with van der Waals surface area (Å²) in [6, 6.07) is 0.586. The molecule has 1 amide bonds. The van der Waals surface area contributed by atoms with Crippen molar-refractivity contribution in [2.24, 2.45) is 0 Å². The van der Waals surface area contributed by atoms with Crippen LogP contribution < -0.4 is 10.2 Å². The lowest BCUT2D eigenvalue weighted by molar-refractivity contribution is -0.121. The van der Waals surface area contributed by atoms with Crippen molar-refractivity contribution in [1.82, 2.24) is 20.4 Å². The van der Waals surface area contributed by atoms with Crippen LogP contribution in [-0.4, -0.2) is 60.7 Å². The highest BCUT2D eigenvalue weighted by Crippen LogP contribution is 2.17. The van der Waals surface area contributed by atoms with E-state index in [1.165, 1.54) is 0 Å². The SMILES string of the molecule is CNC(=O)CN1CCN(c2nc(C(C)C)no2)CC1. The van der Waals surface area contributed by atoms with Gasteiger partial charge in [-0.1, -0.05) is 19.0 Å². The first-order valence-corrected chi connectivity index (χ1v) is 6.61. The predicted octanol–water partition coefficient (Wildman–Crippen LogP) is 0.0610. The van der Waals surface area contributed by atoms with Gasteiger partial charge in [0.15, 0.2) is 5.82 Å². The maximum absolute atomic E-state index is 11.3. The summed E-state index contributed by atoms with van der Waals surface area (Å²) in [6.07, 6.45) is 0. The van der Waals surface area contributed by atoms with Crippen LogP contribution in [0.4, 0.5) is 6.01 Å². The van der Waals surface area contributed by atoms with Crippen LogP contribution in [0.15, 0.2) is 4.52 Å². The van der Waals surface area contributed by atoms with Crippen LogP contribution >= 0.6 is 0 Å². The maximum Gasteiger partial charge on any atom is 0.324 e. The summed E-state index contributed by atoms with van der Waals surface area (Å²) in [5.41, 5.74) is 0. The number of likely N-dealkylation sites (N-methyl/N-ethyl adjacent to an activating group) is 1.